The smallest absolute Gasteiger partial charge is 0.321 e. The molecular weight excluding hydrogens is 266 g/mol. The maximum Gasteiger partial charge on any atom is 0.321 e. The zero-order valence-corrected chi connectivity index (χ0v) is 14.1. The van der Waals surface area contributed by atoms with Gasteiger partial charge >= 0.3 is 9.28 Å². The largest absolute Gasteiger partial charge is 0.397 e. The van der Waals surface area contributed by atoms with E-state index in [2.05, 4.69) is 49.5 Å². The van der Waals surface area contributed by atoms with Crippen LogP contribution in [0, 0.1) is 0 Å². The van der Waals surface area contributed by atoms with Crippen molar-refractivity contribution in [1.29, 1.82) is 0 Å². The van der Waals surface area contributed by atoms with Gasteiger partial charge in [0, 0.05) is 19.8 Å². The van der Waals surface area contributed by atoms with Gasteiger partial charge in [-0.15, -0.1) is 0 Å². The van der Waals surface area contributed by atoms with Crippen LogP contribution in [0.5, 0.6) is 0 Å². The summed E-state index contributed by atoms with van der Waals surface area (Å²) in [6, 6.07) is 11.6. The van der Waals surface area contributed by atoms with E-state index in [1.165, 1.54) is 5.56 Å². The predicted molar refractivity (Wildman–Crippen MR) is 87.2 cm³/mol. The van der Waals surface area contributed by atoms with Gasteiger partial charge in [0.2, 0.25) is 0 Å². The van der Waals surface area contributed by atoms with Crippen molar-refractivity contribution >= 4 is 9.28 Å². The van der Waals surface area contributed by atoms with Gasteiger partial charge in [0.15, 0.2) is 0 Å². The molecule has 4 heteroatoms. The van der Waals surface area contributed by atoms with E-state index in [4.69, 9.17) is 8.85 Å². The first-order chi connectivity index (χ1) is 9.86. The van der Waals surface area contributed by atoms with Crippen molar-refractivity contribution in [3.8, 4) is 0 Å². The molecule has 1 aromatic carbocycles. The molecule has 0 aliphatic heterocycles. The second kappa shape index (κ2) is 12.1. The molecule has 20 heavy (non-hydrogen) atoms. The van der Waals surface area contributed by atoms with Crippen LogP contribution in [0.15, 0.2) is 30.3 Å². The molecule has 1 N–H and O–H groups in total. The van der Waals surface area contributed by atoms with E-state index in [0.717, 1.165) is 51.6 Å². The molecule has 0 fully saturated rings. The number of hydrogen-bond acceptors (Lipinski definition) is 3. The van der Waals surface area contributed by atoms with Gasteiger partial charge in [-0.2, -0.15) is 0 Å². The number of nitrogens with one attached hydrogen (secondary N) is 1. The summed E-state index contributed by atoms with van der Waals surface area (Å²) in [4.78, 5) is 0. The zero-order chi connectivity index (χ0) is 14.5. The van der Waals surface area contributed by atoms with Crippen LogP contribution >= 0.6 is 0 Å². The summed E-state index contributed by atoms with van der Waals surface area (Å²) in [5.74, 6) is 0. The SMILES string of the molecule is CCCO[SiH](CCCNCc1ccccc1)OCCC. The molecule has 0 aliphatic rings. The minimum Gasteiger partial charge on any atom is -0.397 e. The Hall–Kier alpha value is -0.683. The van der Waals surface area contributed by atoms with Crippen LogP contribution in [-0.4, -0.2) is 29.0 Å². The van der Waals surface area contributed by atoms with E-state index in [9.17, 15) is 0 Å². The summed E-state index contributed by atoms with van der Waals surface area (Å²) in [7, 11) is -1.43. The quantitative estimate of drug-likeness (QED) is 0.474. The first-order valence-electron chi connectivity index (χ1n) is 7.84. The van der Waals surface area contributed by atoms with Crippen LogP contribution in [0.1, 0.15) is 38.7 Å². The van der Waals surface area contributed by atoms with E-state index < -0.39 is 9.28 Å². The Morgan fingerprint density at radius 1 is 1.00 bits per heavy atom. The average Bonchev–Trinajstić information content (AvgIpc) is 2.50. The highest BCUT2D eigenvalue weighted by Crippen LogP contribution is 2.03. The average molecular weight is 295 g/mol. The van der Waals surface area contributed by atoms with Crippen molar-refractivity contribution in [3.05, 3.63) is 35.9 Å². The highest BCUT2D eigenvalue weighted by Gasteiger charge is 2.12. The van der Waals surface area contributed by atoms with Gasteiger partial charge in [-0.3, -0.25) is 0 Å². The van der Waals surface area contributed by atoms with E-state index in [0.29, 0.717) is 0 Å². The molecule has 0 heterocycles. The third-order valence-corrected chi connectivity index (χ3v) is 5.08. The van der Waals surface area contributed by atoms with E-state index >= 15 is 0 Å². The molecule has 0 aliphatic carbocycles. The lowest BCUT2D eigenvalue weighted by Crippen LogP contribution is -2.25. The standard InChI is InChI=1S/C16H29NO2Si/c1-3-12-18-20(19-13-4-2)14-8-11-17-15-16-9-6-5-7-10-16/h5-7,9-10,17,20H,3-4,8,11-15H2,1-2H3. The first-order valence-corrected chi connectivity index (χ1v) is 9.60. The summed E-state index contributed by atoms with van der Waals surface area (Å²) in [5.41, 5.74) is 1.34. The van der Waals surface area contributed by atoms with Gasteiger partial charge in [-0.25, -0.2) is 0 Å². The highest BCUT2D eigenvalue weighted by atomic mass is 28.3. The molecule has 0 bridgehead atoms. The summed E-state index contributed by atoms with van der Waals surface area (Å²) < 4.78 is 11.7. The normalized spacial score (nSPS) is 11.2. The summed E-state index contributed by atoms with van der Waals surface area (Å²) in [6.45, 7) is 7.96. The van der Waals surface area contributed by atoms with E-state index in [-0.39, 0.29) is 0 Å². The Morgan fingerprint density at radius 2 is 1.65 bits per heavy atom. The van der Waals surface area contributed by atoms with Crippen molar-refractivity contribution in [2.45, 2.75) is 45.7 Å². The van der Waals surface area contributed by atoms with Crippen molar-refractivity contribution in [2.24, 2.45) is 0 Å². The molecule has 0 unspecified atom stereocenters. The first kappa shape index (κ1) is 17.4. The highest BCUT2D eigenvalue weighted by molar-refractivity contribution is 6.44. The Balaban J connectivity index is 2.09. The van der Waals surface area contributed by atoms with Crippen LogP contribution in [0.4, 0.5) is 0 Å². The molecule has 0 aromatic heterocycles. The number of rotatable bonds is 12. The van der Waals surface area contributed by atoms with Crippen LogP contribution in [0.2, 0.25) is 6.04 Å². The molecule has 1 aromatic rings. The molecule has 0 saturated heterocycles. The van der Waals surface area contributed by atoms with Gasteiger partial charge in [0.25, 0.3) is 0 Å². The molecule has 114 valence electrons. The fourth-order valence-corrected chi connectivity index (χ4v) is 3.90. The molecule has 0 spiro atoms. The second-order valence-corrected chi connectivity index (χ2v) is 7.08. The fraction of sp³-hybridized carbons (Fsp3) is 0.625. The van der Waals surface area contributed by atoms with Crippen LogP contribution < -0.4 is 5.32 Å². The zero-order valence-electron chi connectivity index (χ0n) is 12.9. The fourth-order valence-electron chi connectivity index (χ4n) is 1.94. The minimum absolute atomic E-state index is 0.845. The van der Waals surface area contributed by atoms with Crippen LogP contribution in [0.3, 0.4) is 0 Å². The molecular formula is C16H29NO2Si. The van der Waals surface area contributed by atoms with Crippen molar-refractivity contribution < 1.29 is 8.85 Å². The third-order valence-electron chi connectivity index (χ3n) is 2.98. The van der Waals surface area contributed by atoms with E-state index in [1.54, 1.807) is 0 Å². The Morgan fingerprint density at radius 3 is 2.25 bits per heavy atom. The molecule has 3 nitrogen and oxygen atoms in total. The second-order valence-electron chi connectivity index (χ2n) is 4.98. The molecule has 0 atom stereocenters. The number of benzene rings is 1. The third kappa shape index (κ3) is 8.48. The van der Waals surface area contributed by atoms with E-state index in [1.807, 2.05) is 0 Å². The predicted octanol–water partition coefficient (Wildman–Crippen LogP) is 3.24. The summed E-state index contributed by atoms with van der Waals surface area (Å²) in [5, 5.41) is 3.48. The molecule has 1 rings (SSSR count). The summed E-state index contributed by atoms with van der Waals surface area (Å²) in [6.07, 6.45) is 3.29. The van der Waals surface area contributed by atoms with Gasteiger partial charge in [0.1, 0.15) is 0 Å². The lowest BCUT2D eigenvalue weighted by Gasteiger charge is -2.16. The maximum atomic E-state index is 5.85. The topological polar surface area (TPSA) is 30.5 Å². The monoisotopic (exact) mass is 295 g/mol. The van der Waals surface area contributed by atoms with Crippen molar-refractivity contribution in [1.82, 2.24) is 5.32 Å². The molecule has 0 amide bonds. The van der Waals surface area contributed by atoms with Crippen LogP contribution in [0.25, 0.3) is 0 Å². The van der Waals surface area contributed by atoms with Gasteiger partial charge in [-0.1, -0.05) is 44.2 Å². The Kier molecular flexibility index (Phi) is 10.5. The van der Waals surface area contributed by atoms with Gasteiger partial charge in [0.05, 0.1) is 0 Å². The van der Waals surface area contributed by atoms with Crippen molar-refractivity contribution in [3.63, 3.8) is 0 Å². The molecule has 0 radical (unpaired) electrons. The minimum atomic E-state index is -1.43. The Labute approximate surface area is 125 Å². The Bertz CT molecular complexity index is 314. The molecule has 0 saturated carbocycles. The number of hydrogen-bond donors (Lipinski definition) is 1. The van der Waals surface area contributed by atoms with Crippen molar-refractivity contribution in [2.75, 3.05) is 19.8 Å². The lowest BCUT2D eigenvalue weighted by molar-refractivity contribution is 0.196. The van der Waals surface area contributed by atoms with Gasteiger partial charge in [-0.05, 0) is 37.4 Å². The summed E-state index contributed by atoms with van der Waals surface area (Å²) >= 11 is 0. The maximum absolute atomic E-state index is 5.85. The van der Waals surface area contributed by atoms with Gasteiger partial charge < -0.3 is 14.2 Å². The van der Waals surface area contributed by atoms with Crippen LogP contribution in [-0.2, 0) is 15.4 Å². The lowest BCUT2D eigenvalue weighted by atomic mass is 10.2.